The first-order valence-electron chi connectivity index (χ1n) is 16.0. The van der Waals surface area contributed by atoms with Gasteiger partial charge in [-0.3, -0.25) is 0 Å². The molecule has 3 heteroatoms. The molecule has 0 radical (unpaired) electrons. The van der Waals surface area contributed by atoms with Gasteiger partial charge >= 0.3 is 0 Å². The zero-order chi connectivity index (χ0) is 30.6. The minimum Gasteiger partial charge on any atom is -0.456 e. The molecule has 2 nitrogen and oxygen atoms in total. The molecule has 3 heterocycles. The van der Waals surface area contributed by atoms with Gasteiger partial charge in [-0.2, -0.15) is 0 Å². The lowest BCUT2D eigenvalue weighted by Crippen LogP contribution is -1.94. The number of hydrogen-bond donors (Lipinski definition) is 0. The number of furan rings is 1. The third-order valence-corrected chi connectivity index (χ3v) is 11.1. The predicted octanol–water partition coefficient (Wildman–Crippen LogP) is 13.0. The van der Waals surface area contributed by atoms with E-state index in [9.17, 15) is 0 Å². The molecule has 0 aliphatic rings. The highest BCUT2D eigenvalue weighted by molar-refractivity contribution is 7.26. The number of fused-ring (bicyclic) bond motifs is 14. The summed E-state index contributed by atoms with van der Waals surface area (Å²) in [5, 5.41) is 12.7. The van der Waals surface area contributed by atoms with Crippen LogP contribution in [0.4, 0.5) is 0 Å². The van der Waals surface area contributed by atoms with E-state index in [1.807, 2.05) is 23.5 Å². The van der Waals surface area contributed by atoms with Crippen molar-refractivity contribution in [2.75, 3.05) is 0 Å². The zero-order valence-electron chi connectivity index (χ0n) is 25.2. The SMILES string of the molecule is c1ccc2c(c1)oc1ccc(-c3ccc(-n4c5ccccc5c5ccc6c(ccc7ccc8sc9ccccc9c8c76)c54)cc3)cc12. The fourth-order valence-corrected chi connectivity index (χ4v) is 9.00. The van der Waals surface area contributed by atoms with Crippen molar-refractivity contribution in [3.63, 3.8) is 0 Å². The first kappa shape index (κ1) is 25.3. The summed E-state index contributed by atoms with van der Waals surface area (Å²) in [6.07, 6.45) is 0. The van der Waals surface area contributed by atoms with Crippen molar-refractivity contribution in [3.8, 4) is 16.8 Å². The predicted molar refractivity (Wildman–Crippen MR) is 201 cm³/mol. The Hall–Kier alpha value is -5.90. The van der Waals surface area contributed by atoms with Crippen molar-refractivity contribution >= 4 is 96.8 Å². The summed E-state index contributed by atoms with van der Waals surface area (Å²) in [5.74, 6) is 0. The van der Waals surface area contributed by atoms with Crippen molar-refractivity contribution in [3.05, 3.63) is 152 Å². The number of nitrogens with zero attached hydrogens (tertiary/aromatic N) is 1. The fraction of sp³-hybridized carbons (Fsp3) is 0. The lowest BCUT2D eigenvalue weighted by molar-refractivity contribution is 0.669. The molecule has 0 fully saturated rings. The van der Waals surface area contributed by atoms with Gasteiger partial charge in [0.05, 0.1) is 11.0 Å². The van der Waals surface area contributed by atoms with Crippen LogP contribution in [0.5, 0.6) is 0 Å². The Morgan fingerprint density at radius 2 is 1.11 bits per heavy atom. The van der Waals surface area contributed by atoms with Gasteiger partial charge in [0.2, 0.25) is 0 Å². The Bertz CT molecular complexity index is 3060. The third kappa shape index (κ3) is 3.49. The molecule has 0 saturated heterocycles. The van der Waals surface area contributed by atoms with Crippen LogP contribution in [-0.4, -0.2) is 4.57 Å². The van der Waals surface area contributed by atoms with Crippen LogP contribution in [-0.2, 0) is 0 Å². The number of rotatable bonds is 2. The summed E-state index contributed by atoms with van der Waals surface area (Å²) in [4.78, 5) is 0. The summed E-state index contributed by atoms with van der Waals surface area (Å²) < 4.78 is 11.2. The number of benzene rings is 8. The van der Waals surface area contributed by atoms with E-state index in [-0.39, 0.29) is 0 Å². The Morgan fingerprint density at radius 1 is 0.426 bits per heavy atom. The maximum absolute atomic E-state index is 6.09. The highest BCUT2D eigenvalue weighted by atomic mass is 32.1. The van der Waals surface area contributed by atoms with Crippen LogP contribution in [0.2, 0.25) is 0 Å². The second-order valence-electron chi connectivity index (χ2n) is 12.5. The summed E-state index contributed by atoms with van der Waals surface area (Å²) in [6, 6.07) is 55.3. The Labute approximate surface area is 273 Å². The molecule has 11 aromatic rings. The molecule has 0 N–H and O–H groups in total. The van der Waals surface area contributed by atoms with Gasteiger partial charge in [0.15, 0.2) is 0 Å². The first-order valence-corrected chi connectivity index (χ1v) is 16.8. The van der Waals surface area contributed by atoms with Crippen LogP contribution in [0, 0.1) is 0 Å². The topological polar surface area (TPSA) is 18.1 Å². The lowest BCUT2D eigenvalue weighted by Gasteiger charge is -2.13. The molecule has 0 unspecified atom stereocenters. The van der Waals surface area contributed by atoms with E-state index in [1.165, 1.54) is 74.6 Å². The number of para-hydroxylation sites is 2. The average Bonchev–Trinajstić information content (AvgIpc) is 3.81. The van der Waals surface area contributed by atoms with E-state index in [0.717, 1.165) is 27.6 Å². The van der Waals surface area contributed by atoms with E-state index in [4.69, 9.17) is 4.42 Å². The van der Waals surface area contributed by atoms with Crippen molar-refractivity contribution < 1.29 is 4.42 Å². The molecule has 0 saturated carbocycles. The smallest absolute Gasteiger partial charge is 0.135 e. The van der Waals surface area contributed by atoms with E-state index < -0.39 is 0 Å². The number of hydrogen-bond acceptors (Lipinski definition) is 2. The largest absolute Gasteiger partial charge is 0.456 e. The van der Waals surface area contributed by atoms with Crippen molar-refractivity contribution in [2.24, 2.45) is 0 Å². The molecule has 0 aliphatic heterocycles. The molecule has 3 aromatic heterocycles. The molecule has 8 aromatic carbocycles. The number of thiophene rings is 1. The molecule has 47 heavy (non-hydrogen) atoms. The molecule has 0 aliphatic carbocycles. The van der Waals surface area contributed by atoms with Crippen LogP contribution < -0.4 is 0 Å². The standard InChI is InChI=1S/C44H25NOS/c1-4-10-37-30(7-1)33-22-21-32-34(20-15-27-17-24-41-43(42(27)32)35-9-3-6-12-40(35)47-41)44(33)45(37)29-18-13-26(14-19-29)28-16-23-39-36(25-28)31-8-2-5-11-38(31)46-39/h1-25H. The van der Waals surface area contributed by atoms with Crippen LogP contribution in [0.3, 0.4) is 0 Å². The van der Waals surface area contributed by atoms with Gasteiger partial charge in [0, 0.05) is 52.8 Å². The average molecular weight is 616 g/mol. The summed E-state index contributed by atoms with van der Waals surface area (Å²) >= 11 is 1.88. The van der Waals surface area contributed by atoms with Gasteiger partial charge in [-0.05, 0) is 75.8 Å². The summed E-state index contributed by atoms with van der Waals surface area (Å²) in [6.45, 7) is 0. The van der Waals surface area contributed by atoms with Crippen molar-refractivity contribution in [1.82, 2.24) is 4.57 Å². The number of aromatic nitrogens is 1. The van der Waals surface area contributed by atoms with Gasteiger partial charge < -0.3 is 8.98 Å². The molecule has 0 spiro atoms. The highest BCUT2D eigenvalue weighted by Gasteiger charge is 2.18. The minimum atomic E-state index is 0.920. The van der Waals surface area contributed by atoms with E-state index in [2.05, 4.69) is 144 Å². The zero-order valence-corrected chi connectivity index (χ0v) is 26.0. The van der Waals surface area contributed by atoms with Crippen molar-refractivity contribution in [1.29, 1.82) is 0 Å². The second-order valence-corrected chi connectivity index (χ2v) is 13.5. The molecule has 11 rings (SSSR count). The van der Waals surface area contributed by atoms with Gasteiger partial charge in [-0.25, -0.2) is 0 Å². The van der Waals surface area contributed by atoms with Crippen LogP contribution in [0.25, 0.3) is 102 Å². The Balaban J connectivity index is 1.16. The molecular formula is C44H25NOS. The van der Waals surface area contributed by atoms with Crippen molar-refractivity contribution in [2.45, 2.75) is 0 Å². The maximum atomic E-state index is 6.09. The van der Waals surface area contributed by atoms with E-state index in [0.29, 0.717) is 0 Å². The summed E-state index contributed by atoms with van der Waals surface area (Å²) in [5.41, 5.74) is 7.83. The maximum Gasteiger partial charge on any atom is 0.135 e. The van der Waals surface area contributed by atoms with E-state index in [1.54, 1.807) is 0 Å². The molecular weight excluding hydrogens is 591 g/mol. The van der Waals surface area contributed by atoms with E-state index >= 15 is 0 Å². The lowest BCUT2D eigenvalue weighted by atomic mass is 9.96. The van der Waals surface area contributed by atoms with Gasteiger partial charge in [0.25, 0.3) is 0 Å². The van der Waals surface area contributed by atoms with Gasteiger partial charge in [-0.15, -0.1) is 11.3 Å². The first-order chi connectivity index (χ1) is 23.3. The van der Waals surface area contributed by atoms with Crippen LogP contribution in [0.15, 0.2) is 156 Å². The molecule has 0 amide bonds. The Morgan fingerprint density at radius 3 is 2.02 bits per heavy atom. The highest BCUT2D eigenvalue weighted by Crippen LogP contribution is 2.44. The molecule has 0 atom stereocenters. The summed E-state index contributed by atoms with van der Waals surface area (Å²) in [7, 11) is 0. The Kier molecular flexibility index (Phi) is 5.02. The quantitative estimate of drug-likeness (QED) is 0.177. The molecule has 0 bridgehead atoms. The van der Waals surface area contributed by atoms with Gasteiger partial charge in [-0.1, -0.05) is 103 Å². The normalized spacial score (nSPS) is 12.3. The fourth-order valence-electron chi connectivity index (χ4n) is 7.88. The third-order valence-electron chi connectivity index (χ3n) is 9.99. The second kappa shape index (κ2) is 9.32. The van der Waals surface area contributed by atoms with Crippen LogP contribution in [0.1, 0.15) is 0 Å². The molecule has 218 valence electrons. The monoisotopic (exact) mass is 615 g/mol. The minimum absolute atomic E-state index is 0.920. The van der Waals surface area contributed by atoms with Crippen LogP contribution >= 0.6 is 11.3 Å². The van der Waals surface area contributed by atoms with Gasteiger partial charge in [0.1, 0.15) is 11.2 Å².